The van der Waals surface area contributed by atoms with Crippen LogP contribution in [0.4, 0.5) is 8.78 Å². The molecule has 2 amide bonds. The number of nitrogens with zero attached hydrogens (tertiary/aromatic N) is 2. The van der Waals surface area contributed by atoms with Gasteiger partial charge in [-0.3, -0.25) is 9.59 Å². The molecule has 234 valence electrons. The number of likely N-dealkylation sites (tertiary alicyclic amines) is 1. The summed E-state index contributed by atoms with van der Waals surface area (Å²) < 4.78 is 29.1. The predicted molar refractivity (Wildman–Crippen MR) is 164 cm³/mol. The molecule has 4 fully saturated rings. The fourth-order valence-electron chi connectivity index (χ4n) is 10.3. The van der Waals surface area contributed by atoms with Gasteiger partial charge in [0.1, 0.15) is 11.6 Å². The highest BCUT2D eigenvalue weighted by atomic mass is 19.1. The van der Waals surface area contributed by atoms with Gasteiger partial charge in [-0.1, -0.05) is 65.7 Å². The normalized spacial score (nSPS) is 34.1. The van der Waals surface area contributed by atoms with Crippen LogP contribution in [0.25, 0.3) is 0 Å². The van der Waals surface area contributed by atoms with Gasteiger partial charge in [-0.25, -0.2) is 8.78 Å². The molecule has 1 aliphatic heterocycles. The molecular formula is C36H54F2N2O2. The van der Waals surface area contributed by atoms with Crippen LogP contribution in [0.15, 0.2) is 18.2 Å². The summed E-state index contributed by atoms with van der Waals surface area (Å²) in [6, 6.07) is 3.65. The van der Waals surface area contributed by atoms with Crippen molar-refractivity contribution in [2.45, 2.75) is 136 Å². The van der Waals surface area contributed by atoms with Crippen molar-refractivity contribution < 1.29 is 18.4 Å². The van der Waals surface area contributed by atoms with Crippen LogP contribution in [0.2, 0.25) is 0 Å². The summed E-state index contributed by atoms with van der Waals surface area (Å²) in [6.07, 6.45) is 17.5. The van der Waals surface area contributed by atoms with Crippen molar-refractivity contribution in [3.8, 4) is 0 Å². The molecule has 1 saturated heterocycles. The molecule has 3 aliphatic carbocycles. The fraction of sp³-hybridized carbons (Fsp3) is 0.778. The first-order valence-corrected chi connectivity index (χ1v) is 17.1. The highest BCUT2D eigenvalue weighted by Crippen LogP contribution is 2.65. The smallest absolute Gasteiger partial charge is 0.257 e. The third-order valence-corrected chi connectivity index (χ3v) is 12.6. The standard InChI is InChI=1S/C36H54F2N2O2/c1-5-6-7-8-9-10-11-12-23-40(34(42)27-24-25(37)13-16-30(27)38)32-18-15-28-26-14-17-31-35(2,22-20-33(41)39(31)4)29(26)19-21-36(28,32)3/h13,16,24,26,28-29,31-32H,5-12,14-15,17-23H2,1-4H3/t26-,28-,29-,31+,32-,35+,36-/m0/s1. The van der Waals surface area contributed by atoms with Gasteiger partial charge < -0.3 is 9.80 Å². The van der Waals surface area contributed by atoms with Gasteiger partial charge in [-0.2, -0.15) is 0 Å². The number of carbonyl (C=O) groups is 2. The highest BCUT2D eigenvalue weighted by molar-refractivity contribution is 5.94. The molecule has 0 spiro atoms. The molecule has 0 N–H and O–H groups in total. The second kappa shape index (κ2) is 12.9. The second-order valence-electron chi connectivity index (χ2n) is 14.7. The molecular weight excluding hydrogens is 530 g/mol. The van der Waals surface area contributed by atoms with Gasteiger partial charge in [0.15, 0.2) is 0 Å². The van der Waals surface area contributed by atoms with Gasteiger partial charge >= 0.3 is 0 Å². The molecule has 0 unspecified atom stereocenters. The maximum Gasteiger partial charge on any atom is 0.257 e. The zero-order valence-electron chi connectivity index (χ0n) is 26.6. The van der Waals surface area contributed by atoms with Crippen LogP contribution < -0.4 is 0 Å². The maximum atomic E-state index is 14.9. The largest absolute Gasteiger partial charge is 0.342 e. The lowest BCUT2D eigenvalue weighted by molar-refractivity contribution is -0.158. The number of hydrogen-bond acceptors (Lipinski definition) is 2. The third kappa shape index (κ3) is 5.77. The summed E-state index contributed by atoms with van der Waals surface area (Å²) in [6.45, 7) is 7.68. The Morgan fingerprint density at radius 3 is 2.33 bits per heavy atom. The van der Waals surface area contributed by atoms with E-state index in [1.165, 1.54) is 32.1 Å². The fourth-order valence-corrected chi connectivity index (χ4v) is 10.3. The van der Waals surface area contributed by atoms with E-state index in [1.807, 2.05) is 16.8 Å². The van der Waals surface area contributed by atoms with E-state index >= 15 is 0 Å². The molecule has 6 heteroatoms. The third-order valence-electron chi connectivity index (χ3n) is 12.6. The van der Waals surface area contributed by atoms with Crippen LogP contribution in [-0.2, 0) is 4.79 Å². The van der Waals surface area contributed by atoms with Crippen molar-refractivity contribution in [1.29, 1.82) is 0 Å². The van der Waals surface area contributed by atoms with Crippen LogP contribution >= 0.6 is 0 Å². The number of carbonyl (C=O) groups excluding carboxylic acids is 2. The van der Waals surface area contributed by atoms with Crippen molar-refractivity contribution in [1.82, 2.24) is 9.80 Å². The zero-order chi connectivity index (χ0) is 30.1. The number of hydrogen-bond donors (Lipinski definition) is 0. The molecule has 4 aliphatic rings. The molecule has 0 aromatic heterocycles. The van der Waals surface area contributed by atoms with E-state index in [1.54, 1.807) is 0 Å². The van der Waals surface area contributed by atoms with Gasteiger partial charge in [-0.15, -0.1) is 0 Å². The zero-order valence-corrected chi connectivity index (χ0v) is 26.6. The molecule has 1 aromatic carbocycles. The van der Waals surface area contributed by atoms with Crippen molar-refractivity contribution in [3.05, 3.63) is 35.4 Å². The van der Waals surface area contributed by atoms with E-state index in [9.17, 15) is 18.4 Å². The van der Waals surface area contributed by atoms with Crippen LogP contribution in [0.5, 0.6) is 0 Å². The van der Waals surface area contributed by atoms with E-state index < -0.39 is 11.6 Å². The minimum atomic E-state index is -0.632. The minimum absolute atomic E-state index is 0.0274. The first-order chi connectivity index (χ1) is 20.1. The van der Waals surface area contributed by atoms with E-state index in [2.05, 4.69) is 20.8 Å². The Hall–Kier alpha value is -1.98. The van der Waals surface area contributed by atoms with Crippen molar-refractivity contribution in [2.24, 2.45) is 28.6 Å². The Kier molecular flexibility index (Phi) is 9.69. The minimum Gasteiger partial charge on any atom is -0.342 e. The van der Waals surface area contributed by atoms with E-state index in [0.29, 0.717) is 36.8 Å². The lowest BCUT2D eigenvalue weighted by Crippen LogP contribution is -2.62. The molecule has 42 heavy (non-hydrogen) atoms. The van der Waals surface area contributed by atoms with Crippen LogP contribution in [0.1, 0.15) is 134 Å². The highest BCUT2D eigenvalue weighted by Gasteiger charge is 2.62. The number of piperidine rings is 1. The average Bonchev–Trinajstić information content (AvgIpc) is 3.32. The second-order valence-corrected chi connectivity index (χ2v) is 14.7. The summed E-state index contributed by atoms with van der Waals surface area (Å²) in [5.74, 6) is 0.470. The molecule has 4 nitrogen and oxygen atoms in total. The van der Waals surface area contributed by atoms with Gasteiger partial charge in [0.25, 0.3) is 5.91 Å². The molecule has 3 saturated carbocycles. The number of amides is 2. The summed E-state index contributed by atoms with van der Waals surface area (Å²) in [4.78, 5) is 30.6. The van der Waals surface area contributed by atoms with Gasteiger partial charge in [0.2, 0.25) is 5.91 Å². The summed E-state index contributed by atoms with van der Waals surface area (Å²) >= 11 is 0. The Morgan fingerprint density at radius 1 is 0.905 bits per heavy atom. The predicted octanol–water partition coefficient (Wildman–Crippen LogP) is 8.78. The molecule has 7 atom stereocenters. The Labute approximate surface area is 253 Å². The lowest BCUT2D eigenvalue weighted by Gasteiger charge is -2.62. The summed E-state index contributed by atoms with van der Waals surface area (Å²) in [7, 11) is 2.00. The molecule has 1 heterocycles. The Balaban J connectivity index is 1.34. The van der Waals surface area contributed by atoms with E-state index in [0.717, 1.165) is 82.4 Å². The Morgan fingerprint density at radius 2 is 1.60 bits per heavy atom. The van der Waals surface area contributed by atoms with Crippen molar-refractivity contribution >= 4 is 11.8 Å². The first-order valence-electron chi connectivity index (χ1n) is 17.1. The lowest BCUT2D eigenvalue weighted by atomic mass is 9.47. The number of rotatable bonds is 11. The SMILES string of the molecule is CCCCCCCCCCN(C(=O)c1cc(F)ccc1F)[C@H]1CC[C@H]2[C@@H]3CC[C@H]4N(C)C(=O)CC[C@]4(C)[C@H]3CC[C@]12C. The maximum absolute atomic E-state index is 14.9. The van der Waals surface area contributed by atoms with Gasteiger partial charge in [0, 0.05) is 32.1 Å². The van der Waals surface area contributed by atoms with Crippen molar-refractivity contribution in [2.75, 3.05) is 13.6 Å². The van der Waals surface area contributed by atoms with E-state index in [-0.39, 0.29) is 34.2 Å². The van der Waals surface area contributed by atoms with Gasteiger partial charge in [0.05, 0.1) is 5.56 Å². The molecule has 0 radical (unpaired) electrons. The molecule has 1 aromatic rings. The average molecular weight is 585 g/mol. The number of benzene rings is 1. The van der Waals surface area contributed by atoms with Crippen LogP contribution in [0, 0.1) is 40.2 Å². The van der Waals surface area contributed by atoms with E-state index in [4.69, 9.17) is 0 Å². The molecule has 5 rings (SSSR count). The Bertz CT molecular complexity index is 1130. The first kappa shape index (κ1) is 31.4. The van der Waals surface area contributed by atoms with Gasteiger partial charge in [-0.05, 0) is 98.1 Å². The quantitative estimate of drug-likeness (QED) is 0.244. The summed E-state index contributed by atoms with van der Waals surface area (Å²) in [5, 5.41) is 0. The van der Waals surface area contributed by atoms with Crippen LogP contribution in [-0.4, -0.2) is 47.3 Å². The number of halogens is 2. The number of unbranched alkanes of at least 4 members (excludes halogenated alkanes) is 7. The van der Waals surface area contributed by atoms with Crippen molar-refractivity contribution in [3.63, 3.8) is 0 Å². The number of fused-ring (bicyclic) bond motifs is 5. The topological polar surface area (TPSA) is 40.6 Å². The monoisotopic (exact) mass is 584 g/mol. The van der Waals surface area contributed by atoms with Crippen LogP contribution in [0.3, 0.4) is 0 Å². The molecule has 0 bridgehead atoms. The summed E-state index contributed by atoms with van der Waals surface area (Å²) in [5.41, 5.74) is 0.00103.